The lowest BCUT2D eigenvalue weighted by molar-refractivity contribution is -0.133. The Balaban J connectivity index is 1.65. The number of nitrogens with one attached hydrogen (secondary N) is 4. The SMILES string of the molecule is COC[C@H](NC(=O)C(CC(=O)NC1COC1)NS(C)(=O)=O)C(=O)NCc1cccc2ccccc12. The fourth-order valence-electron chi connectivity index (χ4n) is 3.61. The van der Waals surface area contributed by atoms with Crippen molar-refractivity contribution in [3.63, 3.8) is 0 Å². The maximum Gasteiger partial charge on any atom is 0.245 e. The molecule has 0 bridgehead atoms. The maximum atomic E-state index is 12.9. The summed E-state index contributed by atoms with van der Waals surface area (Å²) in [5, 5.41) is 9.96. The minimum atomic E-state index is -3.82. The minimum Gasteiger partial charge on any atom is -0.382 e. The predicted molar refractivity (Wildman–Crippen MR) is 129 cm³/mol. The molecule has 35 heavy (non-hydrogen) atoms. The van der Waals surface area contributed by atoms with E-state index in [4.69, 9.17) is 9.47 Å². The van der Waals surface area contributed by atoms with Crippen LogP contribution in [0.1, 0.15) is 12.0 Å². The third-order valence-corrected chi connectivity index (χ3v) is 6.08. The highest BCUT2D eigenvalue weighted by molar-refractivity contribution is 7.88. The number of ether oxygens (including phenoxy) is 2. The predicted octanol–water partition coefficient (Wildman–Crippen LogP) is -0.590. The molecule has 0 radical (unpaired) electrons. The van der Waals surface area contributed by atoms with Crippen LogP contribution < -0.4 is 20.7 Å². The van der Waals surface area contributed by atoms with E-state index in [1.54, 1.807) is 0 Å². The summed E-state index contributed by atoms with van der Waals surface area (Å²) >= 11 is 0. The summed E-state index contributed by atoms with van der Waals surface area (Å²) in [6.07, 6.45) is 0.446. The Kier molecular flexibility index (Phi) is 9.15. The van der Waals surface area contributed by atoms with Gasteiger partial charge >= 0.3 is 0 Å². The van der Waals surface area contributed by atoms with Gasteiger partial charge in [0, 0.05) is 13.7 Å². The van der Waals surface area contributed by atoms with Crippen LogP contribution in [0.2, 0.25) is 0 Å². The van der Waals surface area contributed by atoms with Gasteiger partial charge in [0.15, 0.2) is 0 Å². The Labute approximate surface area is 204 Å². The Bertz CT molecular complexity index is 1160. The van der Waals surface area contributed by atoms with Gasteiger partial charge in [0.05, 0.1) is 38.5 Å². The number of methoxy groups -OCH3 is 1. The normalized spacial score (nSPS) is 15.6. The minimum absolute atomic E-state index is 0.148. The average Bonchev–Trinajstić information content (AvgIpc) is 2.78. The van der Waals surface area contributed by atoms with E-state index >= 15 is 0 Å². The summed E-state index contributed by atoms with van der Waals surface area (Å²) in [5.74, 6) is -1.85. The van der Waals surface area contributed by atoms with Gasteiger partial charge in [-0.15, -0.1) is 0 Å². The van der Waals surface area contributed by atoms with Crippen LogP contribution in [0.4, 0.5) is 0 Å². The van der Waals surface area contributed by atoms with Gasteiger partial charge in [-0.1, -0.05) is 42.5 Å². The lowest BCUT2D eigenvalue weighted by Gasteiger charge is -2.28. The van der Waals surface area contributed by atoms with Crippen LogP contribution in [0.15, 0.2) is 42.5 Å². The van der Waals surface area contributed by atoms with Crippen LogP contribution in [-0.2, 0) is 40.4 Å². The highest BCUT2D eigenvalue weighted by Gasteiger charge is 2.30. The van der Waals surface area contributed by atoms with E-state index in [-0.39, 0.29) is 19.2 Å². The first-order valence-electron chi connectivity index (χ1n) is 11.0. The Morgan fingerprint density at radius 2 is 1.77 bits per heavy atom. The molecule has 1 saturated heterocycles. The molecule has 190 valence electrons. The molecule has 0 aliphatic carbocycles. The second kappa shape index (κ2) is 12.1. The number of carbonyl (C=O) groups is 3. The van der Waals surface area contributed by atoms with Gasteiger partial charge in [-0.25, -0.2) is 13.1 Å². The molecule has 1 aliphatic heterocycles. The molecule has 1 aliphatic rings. The van der Waals surface area contributed by atoms with Crippen molar-refractivity contribution < 1.29 is 32.3 Å². The van der Waals surface area contributed by atoms with E-state index in [1.165, 1.54) is 7.11 Å². The van der Waals surface area contributed by atoms with Gasteiger partial charge in [0.1, 0.15) is 12.1 Å². The van der Waals surface area contributed by atoms with E-state index in [1.807, 2.05) is 42.5 Å². The molecule has 0 spiro atoms. The van der Waals surface area contributed by atoms with E-state index in [0.29, 0.717) is 13.2 Å². The first kappa shape index (κ1) is 26.5. The topological polar surface area (TPSA) is 152 Å². The first-order valence-corrected chi connectivity index (χ1v) is 12.9. The Hall–Kier alpha value is -3.06. The molecular formula is C23H30N4O7S. The van der Waals surface area contributed by atoms with Crippen molar-refractivity contribution in [1.29, 1.82) is 0 Å². The van der Waals surface area contributed by atoms with Gasteiger partial charge in [-0.2, -0.15) is 0 Å². The van der Waals surface area contributed by atoms with Gasteiger partial charge in [0.2, 0.25) is 27.7 Å². The van der Waals surface area contributed by atoms with Crippen LogP contribution in [-0.4, -0.2) is 77.5 Å². The molecular weight excluding hydrogens is 476 g/mol. The van der Waals surface area contributed by atoms with Crippen molar-refractivity contribution in [3.8, 4) is 0 Å². The molecule has 11 nitrogen and oxygen atoms in total. The fourth-order valence-corrected chi connectivity index (χ4v) is 4.32. The zero-order valence-electron chi connectivity index (χ0n) is 19.6. The molecule has 3 rings (SSSR count). The summed E-state index contributed by atoms with van der Waals surface area (Å²) in [7, 11) is -2.44. The van der Waals surface area contributed by atoms with E-state index in [2.05, 4.69) is 20.7 Å². The molecule has 3 amide bonds. The van der Waals surface area contributed by atoms with Crippen molar-refractivity contribution in [1.82, 2.24) is 20.7 Å². The van der Waals surface area contributed by atoms with Crippen molar-refractivity contribution in [2.45, 2.75) is 31.1 Å². The standard InChI is InChI=1S/C23H30N4O7S/c1-33-14-20(22(29)24-11-16-8-5-7-15-6-3-4-9-18(15)16)26-23(30)19(27-35(2,31)32)10-21(28)25-17-12-34-13-17/h3-9,17,19-20,27H,10-14H2,1-2H3,(H,24,29)(H,25,28)(H,26,30)/t19?,20-/m0/s1. The summed E-state index contributed by atoms with van der Waals surface area (Å²) in [4.78, 5) is 38.0. The van der Waals surface area contributed by atoms with Crippen molar-refractivity contribution in [2.24, 2.45) is 0 Å². The third-order valence-electron chi connectivity index (χ3n) is 5.36. The van der Waals surface area contributed by atoms with Gasteiger partial charge < -0.3 is 25.4 Å². The Morgan fingerprint density at radius 3 is 2.43 bits per heavy atom. The number of carbonyl (C=O) groups excluding carboxylic acids is 3. The van der Waals surface area contributed by atoms with E-state index < -0.39 is 46.2 Å². The molecule has 2 aromatic rings. The van der Waals surface area contributed by atoms with Gasteiger partial charge in [-0.3, -0.25) is 14.4 Å². The van der Waals surface area contributed by atoms with Crippen molar-refractivity contribution >= 4 is 38.5 Å². The highest BCUT2D eigenvalue weighted by atomic mass is 32.2. The quantitative estimate of drug-likeness (QED) is 0.300. The molecule has 1 heterocycles. The van der Waals surface area contributed by atoms with Crippen molar-refractivity contribution in [3.05, 3.63) is 48.0 Å². The summed E-state index contributed by atoms with van der Waals surface area (Å²) in [6.45, 7) is 0.779. The van der Waals surface area contributed by atoms with Crippen LogP contribution in [0.3, 0.4) is 0 Å². The van der Waals surface area contributed by atoms with Crippen LogP contribution in [0.5, 0.6) is 0 Å². The number of hydrogen-bond acceptors (Lipinski definition) is 7. The number of amides is 3. The molecule has 12 heteroatoms. The second-order valence-corrected chi connectivity index (χ2v) is 10.1. The number of sulfonamides is 1. The zero-order chi connectivity index (χ0) is 25.4. The van der Waals surface area contributed by atoms with Crippen molar-refractivity contribution in [2.75, 3.05) is 33.2 Å². The number of rotatable bonds is 12. The van der Waals surface area contributed by atoms with E-state index in [9.17, 15) is 22.8 Å². The number of benzene rings is 2. The third kappa shape index (κ3) is 7.99. The number of hydrogen-bond donors (Lipinski definition) is 4. The second-order valence-electron chi connectivity index (χ2n) is 8.32. The zero-order valence-corrected chi connectivity index (χ0v) is 20.4. The van der Waals surface area contributed by atoms with Crippen LogP contribution in [0, 0.1) is 0 Å². The van der Waals surface area contributed by atoms with Crippen LogP contribution >= 0.6 is 0 Å². The fraction of sp³-hybridized carbons (Fsp3) is 0.435. The molecule has 0 aromatic heterocycles. The monoisotopic (exact) mass is 506 g/mol. The largest absolute Gasteiger partial charge is 0.382 e. The Morgan fingerprint density at radius 1 is 1.06 bits per heavy atom. The lowest BCUT2D eigenvalue weighted by atomic mass is 10.0. The van der Waals surface area contributed by atoms with Gasteiger partial charge in [0.25, 0.3) is 0 Å². The molecule has 4 N–H and O–H groups in total. The summed E-state index contributed by atoms with van der Waals surface area (Å²) < 4.78 is 35.8. The van der Waals surface area contributed by atoms with Crippen LogP contribution in [0.25, 0.3) is 10.8 Å². The summed E-state index contributed by atoms with van der Waals surface area (Å²) in [5.41, 5.74) is 0.896. The molecule has 0 saturated carbocycles. The first-order chi connectivity index (χ1) is 16.7. The lowest BCUT2D eigenvalue weighted by Crippen LogP contribution is -2.56. The molecule has 2 aromatic carbocycles. The summed E-state index contributed by atoms with van der Waals surface area (Å²) in [6, 6.07) is 10.8. The van der Waals surface area contributed by atoms with Gasteiger partial charge in [-0.05, 0) is 16.3 Å². The smallest absolute Gasteiger partial charge is 0.245 e. The maximum absolute atomic E-state index is 12.9. The average molecular weight is 507 g/mol. The molecule has 2 atom stereocenters. The van der Waals surface area contributed by atoms with E-state index in [0.717, 1.165) is 22.6 Å². The molecule has 1 unspecified atom stereocenters. The molecule has 1 fully saturated rings. The number of fused-ring (bicyclic) bond motifs is 1. The highest BCUT2D eigenvalue weighted by Crippen LogP contribution is 2.18.